The molecule has 0 aromatic carbocycles. The Morgan fingerprint density at radius 1 is 1.04 bits per heavy atom. The van der Waals surface area contributed by atoms with Gasteiger partial charge in [-0.3, -0.25) is 14.9 Å². The maximum Gasteiger partial charge on any atom is 0.236 e. The number of unbranched alkanes of at least 4 members (excludes halogenated alkanes) is 1. The second kappa shape index (κ2) is 8.89. The van der Waals surface area contributed by atoms with Crippen LogP contribution in [-0.4, -0.2) is 38.0 Å². The van der Waals surface area contributed by atoms with Gasteiger partial charge < -0.3 is 5.32 Å². The number of nitrogens with one attached hydrogen (secondary N) is 2. The van der Waals surface area contributed by atoms with Gasteiger partial charge in [-0.1, -0.05) is 47.8 Å². The number of rotatable bonds is 8. The molecule has 0 bridgehead atoms. The molecule has 0 aliphatic carbocycles. The Balaban J connectivity index is 1.75. The molecule has 0 unspecified atom stereocenters. The Hall–Kier alpha value is -1.59. The number of anilines is 2. The van der Waals surface area contributed by atoms with E-state index in [1.165, 1.54) is 34.4 Å². The van der Waals surface area contributed by atoms with Crippen molar-refractivity contribution in [3.05, 3.63) is 5.01 Å². The SMILES string of the molecule is CCCCC(=O)Nc1nnc(SCC(=O)Nc2nnc(C)s2)s1. The number of hydrogen-bond donors (Lipinski definition) is 2. The second-order valence-corrected chi connectivity index (χ2v) is 7.87. The predicted molar refractivity (Wildman–Crippen MR) is 92.1 cm³/mol. The van der Waals surface area contributed by atoms with Gasteiger partial charge in [0.25, 0.3) is 0 Å². The molecule has 2 amide bonds. The topological polar surface area (TPSA) is 110 Å². The van der Waals surface area contributed by atoms with Crippen LogP contribution in [0.15, 0.2) is 4.34 Å². The zero-order valence-corrected chi connectivity index (χ0v) is 15.1. The minimum Gasteiger partial charge on any atom is -0.301 e. The Labute approximate surface area is 145 Å². The molecule has 0 saturated heterocycles. The normalized spacial score (nSPS) is 10.5. The van der Waals surface area contributed by atoms with E-state index in [2.05, 4.69) is 31.0 Å². The average molecular weight is 373 g/mol. The summed E-state index contributed by atoms with van der Waals surface area (Å²) in [5, 5.41) is 22.6. The first-order chi connectivity index (χ1) is 11.1. The van der Waals surface area contributed by atoms with E-state index in [-0.39, 0.29) is 17.6 Å². The number of carbonyl (C=O) groups excluding carboxylic acids is 2. The van der Waals surface area contributed by atoms with Crippen LogP contribution < -0.4 is 10.6 Å². The molecule has 2 heterocycles. The zero-order valence-electron chi connectivity index (χ0n) is 12.7. The van der Waals surface area contributed by atoms with Gasteiger partial charge in [0.1, 0.15) is 5.01 Å². The number of amides is 2. The summed E-state index contributed by atoms with van der Waals surface area (Å²) in [6.45, 7) is 3.85. The largest absolute Gasteiger partial charge is 0.301 e. The van der Waals surface area contributed by atoms with Gasteiger partial charge in [-0.25, -0.2) is 0 Å². The molecule has 0 spiro atoms. The molecule has 2 rings (SSSR count). The van der Waals surface area contributed by atoms with Gasteiger partial charge in [0.2, 0.25) is 22.1 Å². The van der Waals surface area contributed by atoms with Gasteiger partial charge in [0.15, 0.2) is 4.34 Å². The number of aryl methyl sites for hydroxylation is 1. The van der Waals surface area contributed by atoms with Crippen molar-refractivity contribution in [2.75, 3.05) is 16.4 Å². The van der Waals surface area contributed by atoms with Crippen molar-refractivity contribution in [3.63, 3.8) is 0 Å². The fraction of sp³-hybridized carbons (Fsp3) is 0.500. The fourth-order valence-electron chi connectivity index (χ4n) is 1.47. The smallest absolute Gasteiger partial charge is 0.236 e. The Morgan fingerprint density at radius 2 is 1.74 bits per heavy atom. The lowest BCUT2D eigenvalue weighted by molar-refractivity contribution is -0.116. The van der Waals surface area contributed by atoms with Crippen LogP contribution in [0.25, 0.3) is 0 Å². The number of carbonyl (C=O) groups is 2. The van der Waals surface area contributed by atoms with Crippen LogP contribution in [0.3, 0.4) is 0 Å². The van der Waals surface area contributed by atoms with Gasteiger partial charge in [-0.2, -0.15) is 0 Å². The van der Waals surface area contributed by atoms with Crippen molar-refractivity contribution in [2.45, 2.75) is 37.4 Å². The molecule has 0 aliphatic heterocycles. The van der Waals surface area contributed by atoms with Crippen LogP contribution in [-0.2, 0) is 9.59 Å². The van der Waals surface area contributed by atoms with Gasteiger partial charge in [0, 0.05) is 6.42 Å². The number of thioether (sulfide) groups is 1. The fourth-order valence-corrected chi connectivity index (χ4v) is 3.64. The van der Waals surface area contributed by atoms with E-state index < -0.39 is 0 Å². The molecule has 0 saturated carbocycles. The summed E-state index contributed by atoms with van der Waals surface area (Å²) in [6.07, 6.45) is 2.29. The van der Waals surface area contributed by atoms with E-state index in [0.29, 0.717) is 21.0 Å². The van der Waals surface area contributed by atoms with Crippen molar-refractivity contribution in [2.24, 2.45) is 0 Å². The summed E-state index contributed by atoms with van der Waals surface area (Å²) in [5.41, 5.74) is 0. The molecule has 0 atom stereocenters. The first-order valence-electron chi connectivity index (χ1n) is 6.93. The Morgan fingerprint density at radius 3 is 2.43 bits per heavy atom. The minimum atomic E-state index is -0.185. The molecule has 2 aromatic heterocycles. The van der Waals surface area contributed by atoms with E-state index in [9.17, 15) is 9.59 Å². The molecule has 124 valence electrons. The first-order valence-corrected chi connectivity index (χ1v) is 9.54. The highest BCUT2D eigenvalue weighted by Gasteiger charge is 2.11. The van der Waals surface area contributed by atoms with Crippen LogP contribution in [0.4, 0.5) is 10.3 Å². The quantitative estimate of drug-likeness (QED) is 0.541. The third-order valence-corrected chi connectivity index (χ3v) is 5.24. The molecule has 2 aromatic rings. The molecule has 8 nitrogen and oxygen atoms in total. The van der Waals surface area contributed by atoms with Gasteiger partial charge in [-0.05, 0) is 13.3 Å². The van der Waals surface area contributed by atoms with Crippen LogP contribution in [0.5, 0.6) is 0 Å². The lowest BCUT2D eigenvalue weighted by atomic mass is 10.2. The Bertz CT molecular complexity index is 671. The van der Waals surface area contributed by atoms with E-state index in [0.717, 1.165) is 17.8 Å². The van der Waals surface area contributed by atoms with E-state index in [1.54, 1.807) is 0 Å². The molecule has 2 N–H and O–H groups in total. The summed E-state index contributed by atoms with van der Waals surface area (Å²) in [4.78, 5) is 23.4. The second-order valence-electron chi connectivity index (χ2n) is 4.49. The highest BCUT2D eigenvalue weighted by molar-refractivity contribution is 8.01. The summed E-state index contributed by atoms with van der Waals surface area (Å²) in [7, 11) is 0. The van der Waals surface area contributed by atoms with Crippen LogP contribution in [0.1, 0.15) is 31.2 Å². The standard InChI is InChI=1S/C12H16N6O2S3/c1-3-4-5-8(19)13-11-17-18-12(23-11)21-6-9(20)14-10-16-15-7(2)22-10/h3-6H2,1-2H3,(H,13,17,19)(H,14,16,20). The number of aromatic nitrogens is 4. The number of hydrogen-bond acceptors (Lipinski definition) is 9. The third-order valence-electron chi connectivity index (χ3n) is 2.51. The minimum absolute atomic E-state index is 0.0658. The zero-order chi connectivity index (χ0) is 16.7. The highest BCUT2D eigenvalue weighted by Crippen LogP contribution is 2.25. The Kier molecular flexibility index (Phi) is 6.86. The van der Waals surface area contributed by atoms with E-state index >= 15 is 0 Å². The maximum atomic E-state index is 11.8. The van der Waals surface area contributed by atoms with Crippen molar-refractivity contribution in [1.82, 2.24) is 20.4 Å². The molecular formula is C12H16N6O2S3. The summed E-state index contributed by atoms with van der Waals surface area (Å²) < 4.78 is 0.624. The maximum absolute atomic E-state index is 11.8. The van der Waals surface area contributed by atoms with Crippen LogP contribution in [0.2, 0.25) is 0 Å². The van der Waals surface area contributed by atoms with Crippen molar-refractivity contribution in [3.8, 4) is 0 Å². The van der Waals surface area contributed by atoms with Crippen molar-refractivity contribution < 1.29 is 9.59 Å². The van der Waals surface area contributed by atoms with Crippen molar-refractivity contribution >= 4 is 56.5 Å². The highest BCUT2D eigenvalue weighted by atomic mass is 32.2. The monoisotopic (exact) mass is 372 g/mol. The molecule has 0 fully saturated rings. The molecular weight excluding hydrogens is 356 g/mol. The van der Waals surface area contributed by atoms with E-state index in [4.69, 9.17) is 0 Å². The van der Waals surface area contributed by atoms with Crippen molar-refractivity contribution in [1.29, 1.82) is 0 Å². The summed E-state index contributed by atoms with van der Waals surface area (Å²) >= 11 is 3.83. The lowest BCUT2D eigenvalue weighted by Gasteiger charge is -1.99. The van der Waals surface area contributed by atoms with Gasteiger partial charge in [-0.15, -0.1) is 20.4 Å². The predicted octanol–water partition coefficient (Wildman–Crippen LogP) is 2.56. The lowest BCUT2D eigenvalue weighted by Crippen LogP contribution is -2.13. The summed E-state index contributed by atoms with van der Waals surface area (Å²) in [6, 6.07) is 0. The average Bonchev–Trinajstić information content (AvgIpc) is 3.12. The summed E-state index contributed by atoms with van der Waals surface area (Å²) in [5.74, 6) is -0.0596. The molecule has 0 aliphatic rings. The molecule has 0 radical (unpaired) electrons. The van der Waals surface area contributed by atoms with Gasteiger partial charge in [0.05, 0.1) is 5.75 Å². The molecule has 11 heteroatoms. The molecule has 23 heavy (non-hydrogen) atoms. The van der Waals surface area contributed by atoms with Crippen LogP contribution in [0, 0.1) is 6.92 Å². The van der Waals surface area contributed by atoms with Crippen LogP contribution >= 0.6 is 34.4 Å². The van der Waals surface area contributed by atoms with E-state index in [1.807, 2.05) is 13.8 Å². The van der Waals surface area contributed by atoms with Gasteiger partial charge >= 0.3 is 0 Å². The third kappa shape index (κ3) is 6.20. The number of nitrogens with zero attached hydrogens (tertiary/aromatic N) is 4. The first kappa shape index (κ1) is 17.8.